The lowest BCUT2D eigenvalue weighted by Gasteiger charge is -2.26. The number of nitrogens with one attached hydrogen (secondary N) is 1. The lowest BCUT2D eigenvalue weighted by atomic mass is 10.2. The van der Waals surface area contributed by atoms with Gasteiger partial charge in [-0.05, 0) is 35.2 Å². The van der Waals surface area contributed by atoms with Crippen LogP contribution in [-0.4, -0.2) is 49.9 Å². The third-order valence-corrected chi connectivity index (χ3v) is 7.99. The van der Waals surface area contributed by atoms with E-state index in [-0.39, 0.29) is 10.8 Å². The van der Waals surface area contributed by atoms with E-state index in [1.807, 2.05) is 22.9 Å². The summed E-state index contributed by atoms with van der Waals surface area (Å²) < 4.78 is 31.9. The van der Waals surface area contributed by atoms with E-state index in [1.54, 1.807) is 41.7 Å². The molecule has 0 spiro atoms. The zero-order chi connectivity index (χ0) is 21.0. The van der Waals surface area contributed by atoms with Crippen LogP contribution in [0.5, 0.6) is 0 Å². The van der Waals surface area contributed by atoms with Crippen LogP contribution in [0.1, 0.15) is 5.56 Å². The molecule has 0 unspecified atom stereocenters. The number of benzene rings is 1. The molecule has 1 N–H and O–H groups in total. The first-order valence-corrected chi connectivity index (χ1v) is 12.4. The van der Waals surface area contributed by atoms with Crippen molar-refractivity contribution in [2.75, 3.05) is 31.6 Å². The van der Waals surface area contributed by atoms with Crippen molar-refractivity contribution in [3.05, 3.63) is 58.8 Å². The number of morpholine rings is 1. The number of rotatable bonds is 6. The highest BCUT2D eigenvalue weighted by atomic mass is 32.2. The zero-order valence-corrected chi connectivity index (χ0v) is 18.3. The van der Waals surface area contributed by atoms with Gasteiger partial charge < -0.3 is 4.74 Å². The molecular formula is C20H19N3O4S3. The molecule has 0 atom stereocenters. The van der Waals surface area contributed by atoms with Crippen molar-refractivity contribution in [1.82, 2.24) is 9.29 Å². The maximum absolute atomic E-state index is 12.6. The topological polar surface area (TPSA) is 88.6 Å². The van der Waals surface area contributed by atoms with Gasteiger partial charge in [-0.1, -0.05) is 18.2 Å². The van der Waals surface area contributed by atoms with Gasteiger partial charge in [0.15, 0.2) is 5.13 Å². The molecule has 3 heterocycles. The van der Waals surface area contributed by atoms with Gasteiger partial charge in [0.1, 0.15) is 0 Å². The molecule has 1 amide bonds. The number of hydrogen-bond donors (Lipinski definition) is 1. The third kappa shape index (κ3) is 4.85. The number of thiazole rings is 1. The molecule has 0 saturated carbocycles. The number of sulfonamides is 1. The van der Waals surface area contributed by atoms with Crippen LogP contribution in [0.15, 0.2) is 58.1 Å². The van der Waals surface area contributed by atoms with Gasteiger partial charge in [0.2, 0.25) is 15.9 Å². The van der Waals surface area contributed by atoms with Crippen LogP contribution in [0.3, 0.4) is 0 Å². The fourth-order valence-electron chi connectivity index (χ4n) is 2.87. The van der Waals surface area contributed by atoms with E-state index in [0.29, 0.717) is 31.4 Å². The Balaban J connectivity index is 1.37. The van der Waals surface area contributed by atoms with E-state index in [2.05, 4.69) is 10.3 Å². The van der Waals surface area contributed by atoms with Crippen molar-refractivity contribution in [2.45, 2.75) is 4.90 Å². The summed E-state index contributed by atoms with van der Waals surface area (Å²) in [5.74, 6) is -0.299. The van der Waals surface area contributed by atoms with Crippen molar-refractivity contribution in [3.8, 4) is 10.6 Å². The molecule has 1 aliphatic heterocycles. The van der Waals surface area contributed by atoms with Gasteiger partial charge in [0.25, 0.3) is 0 Å². The average Bonchev–Trinajstić information content (AvgIpc) is 3.45. The van der Waals surface area contributed by atoms with E-state index in [0.717, 1.165) is 16.1 Å². The number of anilines is 1. The Hall–Kier alpha value is -2.37. The first kappa shape index (κ1) is 20.9. The average molecular weight is 462 g/mol. The quantitative estimate of drug-likeness (QED) is 0.567. The number of thiophene rings is 1. The number of carbonyl (C=O) groups excluding carboxylic acids is 1. The van der Waals surface area contributed by atoms with Crippen molar-refractivity contribution in [1.29, 1.82) is 0 Å². The minimum atomic E-state index is -3.52. The minimum Gasteiger partial charge on any atom is -0.379 e. The lowest BCUT2D eigenvalue weighted by molar-refractivity contribution is -0.111. The van der Waals surface area contributed by atoms with Gasteiger partial charge in [0, 0.05) is 24.5 Å². The van der Waals surface area contributed by atoms with Gasteiger partial charge in [-0.25, -0.2) is 13.4 Å². The molecule has 1 saturated heterocycles. The largest absolute Gasteiger partial charge is 0.379 e. The first-order valence-electron chi connectivity index (χ1n) is 9.19. The molecule has 4 rings (SSSR count). The third-order valence-electron chi connectivity index (χ3n) is 4.42. The number of carbonyl (C=O) groups is 1. The van der Waals surface area contributed by atoms with Gasteiger partial charge in [-0.2, -0.15) is 4.31 Å². The molecule has 3 aromatic rings. The fraction of sp³-hybridized carbons (Fsp3) is 0.200. The Kier molecular flexibility index (Phi) is 6.40. The van der Waals surface area contributed by atoms with Crippen LogP contribution in [0.2, 0.25) is 0 Å². The van der Waals surface area contributed by atoms with Crippen molar-refractivity contribution in [3.63, 3.8) is 0 Å². The van der Waals surface area contributed by atoms with Crippen molar-refractivity contribution >= 4 is 49.8 Å². The van der Waals surface area contributed by atoms with Crippen LogP contribution in [0, 0.1) is 0 Å². The molecule has 0 radical (unpaired) electrons. The highest BCUT2D eigenvalue weighted by Crippen LogP contribution is 2.28. The number of hydrogen-bond acceptors (Lipinski definition) is 7. The summed E-state index contributed by atoms with van der Waals surface area (Å²) in [6.45, 7) is 1.52. The molecule has 30 heavy (non-hydrogen) atoms. The number of aromatic nitrogens is 1. The Morgan fingerprint density at radius 3 is 2.60 bits per heavy atom. The monoisotopic (exact) mass is 461 g/mol. The van der Waals surface area contributed by atoms with Gasteiger partial charge in [0.05, 0.1) is 28.7 Å². The van der Waals surface area contributed by atoms with E-state index in [9.17, 15) is 13.2 Å². The Bertz CT molecular complexity index is 1130. The Morgan fingerprint density at radius 1 is 1.13 bits per heavy atom. The predicted molar refractivity (Wildman–Crippen MR) is 119 cm³/mol. The van der Waals surface area contributed by atoms with Crippen LogP contribution >= 0.6 is 22.7 Å². The molecule has 0 aliphatic carbocycles. The summed E-state index contributed by atoms with van der Waals surface area (Å²) in [6, 6.07) is 10.4. The molecule has 2 aromatic heterocycles. The van der Waals surface area contributed by atoms with Crippen LogP contribution in [0.25, 0.3) is 16.6 Å². The second-order valence-corrected chi connectivity index (χ2v) is 10.2. The summed E-state index contributed by atoms with van der Waals surface area (Å²) >= 11 is 2.96. The van der Waals surface area contributed by atoms with Crippen LogP contribution < -0.4 is 5.32 Å². The SMILES string of the molecule is O=C(/C=C/c1ccc(S(=O)(=O)N2CCOCC2)cc1)Nc1nc(-c2cccs2)cs1. The van der Waals surface area contributed by atoms with E-state index in [4.69, 9.17) is 4.74 Å². The maximum atomic E-state index is 12.6. The number of nitrogens with zero attached hydrogens (tertiary/aromatic N) is 2. The second kappa shape index (κ2) is 9.19. The van der Waals surface area contributed by atoms with Crippen LogP contribution in [0.4, 0.5) is 5.13 Å². The Labute approximate surface area is 182 Å². The normalized spacial score (nSPS) is 15.5. The molecular weight excluding hydrogens is 442 g/mol. The van der Waals surface area contributed by atoms with Crippen molar-refractivity contribution < 1.29 is 17.9 Å². The molecule has 156 valence electrons. The van der Waals surface area contributed by atoms with Crippen LogP contribution in [-0.2, 0) is 19.6 Å². The zero-order valence-electron chi connectivity index (χ0n) is 15.9. The van der Waals surface area contributed by atoms with Gasteiger partial charge >= 0.3 is 0 Å². The molecule has 10 heteroatoms. The highest BCUT2D eigenvalue weighted by molar-refractivity contribution is 7.89. The summed E-state index contributed by atoms with van der Waals surface area (Å²) in [5.41, 5.74) is 1.57. The fourth-order valence-corrected chi connectivity index (χ4v) is 5.76. The van der Waals surface area contributed by atoms with E-state index in [1.165, 1.54) is 21.7 Å². The Morgan fingerprint density at radius 2 is 1.90 bits per heavy atom. The minimum absolute atomic E-state index is 0.231. The first-order chi connectivity index (χ1) is 14.5. The van der Waals surface area contributed by atoms with E-state index >= 15 is 0 Å². The molecule has 1 fully saturated rings. The summed E-state index contributed by atoms with van der Waals surface area (Å²) in [5, 5.41) is 7.15. The summed E-state index contributed by atoms with van der Waals surface area (Å²) in [7, 11) is -3.52. The second-order valence-electron chi connectivity index (χ2n) is 6.42. The number of ether oxygens (including phenoxy) is 1. The lowest BCUT2D eigenvalue weighted by Crippen LogP contribution is -2.40. The summed E-state index contributed by atoms with van der Waals surface area (Å²) in [6.07, 6.45) is 3.03. The molecule has 0 bridgehead atoms. The summed E-state index contributed by atoms with van der Waals surface area (Å²) in [4.78, 5) is 17.9. The van der Waals surface area contributed by atoms with Gasteiger partial charge in [-0.15, -0.1) is 22.7 Å². The van der Waals surface area contributed by atoms with Crippen molar-refractivity contribution in [2.24, 2.45) is 0 Å². The number of amides is 1. The van der Waals surface area contributed by atoms with E-state index < -0.39 is 10.0 Å². The molecule has 1 aliphatic rings. The van der Waals surface area contributed by atoms with Gasteiger partial charge in [-0.3, -0.25) is 10.1 Å². The molecule has 7 nitrogen and oxygen atoms in total. The maximum Gasteiger partial charge on any atom is 0.250 e. The standard InChI is InChI=1S/C20H19N3O4S3/c24-19(22-20-21-17(14-29-20)18-2-1-13-28-18)8-5-15-3-6-16(7-4-15)30(25,26)23-9-11-27-12-10-23/h1-8,13-14H,9-12H2,(H,21,22,24)/b8-5+. The predicted octanol–water partition coefficient (Wildman–Crippen LogP) is 3.54. The molecule has 1 aromatic carbocycles. The smallest absolute Gasteiger partial charge is 0.250 e. The highest BCUT2D eigenvalue weighted by Gasteiger charge is 2.25.